The normalized spacial score (nSPS) is 11.6. The molecule has 1 amide bonds. The van der Waals surface area contributed by atoms with Crippen LogP contribution in [0.1, 0.15) is 16.8 Å². The zero-order chi connectivity index (χ0) is 19.8. The van der Waals surface area contributed by atoms with Crippen molar-refractivity contribution in [1.82, 2.24) is 14.9 Å². The van der Waals surface area contributed by atoms with Crippen molar-refractivity contribution in [3.05, 3.63) is 90.0 Å². The molecule has 0 bridgehead atoms. The Kier molecular flexibility index (Phi) is 6.41. The monoisotopic (exact) mass is 378 g/mol. The highest BCUT2D eigenvalue weighted by Crippen LogP contribution is 2.06. The van der Waals surface area contributed by atoms with Crippen molar-refractivity contribution in [3.8, 4) is 0 Å². The summed E-state index contributed by atoms with van der Waals surface area (Å²) in [7, 11) is 0. The number of nitrogens with zero attached hydrogens (tertiary/aromatic N) is 2. The number of rotatable bonds is 8. The van der Waals surface area contributed by atoms with Crippen molar-refractivity contribution < 1.29 is 19.4 Å². The second-order valence-electron chi connectivity index (χ2n) is 6.30. The first-order valence-electron chi connectivity index (χ1n) is 8.83. The Morgan fingerprint density at radius 1 is 1.04 bits per heavy atom. The number of hydrogen-bond acceptors (Lipinski definition) is 5. The van der Waals surface area contributed by atoms with Crippen LogP contribution < -0.4 is 10.4 Å². The van der Waals surface area contributed by atoms with Crippen molar-refractivity contribution >= 4 is 12.1 Å². The van der Waals surface area contributed by atoms with Gasteiger partial charge in [-0.1, -0.05) is 60.7 Å². The third-order valence-electron chi connectivity index (χ3n) is 4.10. The fourth-order valence-electron chi connectivity index (χ4n) is 2.70. The van der Waals surface area contributed by atoms with Crippen molar-refractivity contribution in [2.75, 3.05) is 0 Å². The van der Waals surface area contributed by atoms with Crippen LogP contribution in [0.3, 0.4) is 0 Å². The van der Waals surface area contributed by atoms with Crippen molar-refractivity contribution in [2.24, 2.45) is 0 Å². The van der Waals surface area contributed by atoms with E-state index >= 15 is 0 Å². The molecule has 0 aliphatic heterocycles. The summed E-state index contributed by atoms with van der Waals surface area (Å²) in [6.45, 7) is 0.675. The fraction of sp³-hybridized carbons (Fsp3) is 0.190. The summed E-state index contributed by atoms with van der Waals surface area (Å²) in [4.78, 5) is 27.5. The Morgan fingerprint density at radius 2 is 1.68 bits per heavy atom. The SMILES string of the molecule is O=C(N[C@@H](Cc1cn(Cc2ccccc2)cn1)C(=O)[O-])OCc1ccccc1. The largest absolute Gasteiger partial charge is 0.548 e. The molecule has 1 aromatic heterocycles. The Morgan fingerprint density at radius 3 is 2.32 bits per heavy atom. The van der Waals surface area contributed by atoms with Crippen LogP contribution in [-0.4, -0.2) is 27.7 Å². The van der Waals surface area contributed by atoms with Crippen LogP contribution in [0.25, 0.3) is 0 Å². The molecule has 3 rings (SSSR count). The Balaban J connectivity index is 1.54. The van der Waals surface area contributed by atoms with Crippen LogP contribution in [0.15, 0.2) is 73.2 Å². The molecule has 0 unspecified atom stereocenters. The number of amides is 1. The number of benzene rings is 2. The van der Waals surface area contributed by atoms with Gasteiger partial charge in [0, 0.05) is 19.2 Å². The summed E-state index contributed by atoms with van der Waals surface area (Å²) >= 11 is 0. The Labute approximate surface area is 162 Å². The third-order valence-corrected chi connectivity index (χ3v) is 4.10. The molecule has 0 radical (unpaired) electrons. The van der Waals surface area contributed by atoms with E-state index in [0.717, 1.165) is 11.1 Å². The lowest BCUT2D eigenvalue weighted by atomic mass is 10.1. The maximum Gasteiger partial charge on any atom is 0.408 e. The van der Waals surface area contributed by atoms with E-state index in [0.29, 0.717) is 12.2 Å². The first-order chi connectivity index (χ1) is 13.6. The number of aromatic nitrogens is 2. The number of alkyl carbamates (subject to hydrolysis) is 1. The van der Waals surface area contributed by atoms with Crippen LogP contribution in [0, 0.1) is 0 Å². The van der Waals surface area contributed by atoms with Crippen molar-refractivity contribution in [2.45, 2.75) is 25.6 Å². The minimum absolute atomic E-state index is 0.00452. The number of carbonyl (C=O) groups is 2. The van der Waals surface area contributed by atoms with Crippen LogP contribution in [0.2, 0.25) is 0 Å². The topological polar surface area (TPSA) is 96.3 Å². The smallest absolute Gasteiger partial charge is 0.408 e. The summed E-state index contributed by atoms with van der Waals surface area (Å²) in [6.07, 6.45) is 2.56. The summed E-state index contributed by atoms with van der Waals surface area (Å²) in [5, 5.41) is 13.7. The van der Waals surface area contributed by atoms with Gasteiger partial charge in [0.15, 0.2) is 0 Å². The number of carbonyl (C=O) groups excluding carboxylic acids is 2. The molecule has 28 heavy (non-hydrogen) atoms. The molecule has 0 fully saturated rings. The molecule has 1 heterocycles. The van der Waals surface area contributed by atoms with Gasteiger partial charge in [0.2, 0.25) is 0 Å². The first-order valence-corrected chi connectivity index (χ1v) is 8.83. The average molecular weight is 378 g/mol. The van der Waals surface area contributed by atoms with Crippen molar-refractivity contribution in [3.63, 3.8) is 0 Å². The van der Waals surface area contributed by atoms with E-state index in [-0.39, 0.29) is 13.0 Å². The van der Waals surface area contributed by atoms with Gasteiger partial charge in [-0.05, 0) is 11.1 Å². The molecule has 0 saturated heterocycles. The molecule has 144 valence electrons. The van der Waals surface area contributed by atoms with E-state index in [1.165, 1.54) is 0 Å². The maximum absolute atomic E-state index is 11.9. The number of hydrogen-bond donors (Lipinski definition) is 1. The van der Waals surface area contributed by atoms with Gasteiger partial charge in [0.25, 0.3) is 0 Å². The van der Waals surface area contributed by atoms with Crippen LogP contribution in [-0.2, 0) is 29.1 Å². The third kappa shape index (κ3) is 5.70. The standard InChI is InChI=1S/C21H21N3O4/c25-20(26)19(23-21(27)28-14-17-9-5-2-6-10-17)11-18-13-24(15-22-18)12-16-7-3-1-4-8-16/h1-10,13,15,19H,11-12,14H2,(H,23,27)(H,25,26)/p-1/t19-/m0/s1. The van der Waals surface area contributed by atoms with E-state index in [1.807, 2.05) is 65.2 Å². The molecular formula is C21H20N3O4-. The van der Waals surface area contributed by atoms with Gasteiger partial charge in [-0.2, -0.15) is 0 Å². The molecule has 7 heteroatoms. The molecule has 0 aliphatic rings. The van der Waals surface area contributed by atoms with Crippen LogP contribution >= 0.6 is 0 Å². The fourth-order valence-corrected chi connectivity index (χ4v) is 2.70. The molecule has 3 aromatic rings. The lowest BCUT2D eigenvalue weighted by molar-refractivity contribution is -0.308. The van der Waals surface area contributed by atoms with Crippen molar-refractivity contribution in [1.29, 1.82) is 0 Å². The zero-order valence-corrected chi connectivity index (χ0v) is 15.2. The van der Waals surface area contributed by atoms with Gasteiger partial charge in [-0.15, -0.1) is 0 Å². The summed E-state index contributed by atoms with van der Waals surface area (Å²) in [6, 6.07) is 17.7. The number of ether oxygens (including phenoxy) is 1. The highest BCUT2D eigenvalue weighted by Gasteiger charge is 2.16. The minimum atomic E-state index is -1.39. The summed E-state index contributed by atoms with van der Waals surface area (Å²) in [5.74, 6) is -1.39. The van der Waals surface area contributed by atoms with Crippen LogP contribution in [0.5, 0.6) is 0 Å². The number of imidazole rings is 1. The van der Waals surface area contributed by atoms with E-state index in [1.54, 1.807) is 12.5 Å². The first kappa shape index (κ1) is 19.2. The van der Waals surface area contributed by atoms with Gasteiger partial charge in [0.1, 0.15) is 6.61 Å². The van der Waals surface area contributed by atoms with Gasteiger partial charge in [-0.3, -0.25) is 0 Å². The van der Waals surface area contributed by atoms with E-state index in [2.05, 4.69) is 10.3 Å². The maximum atomic E-state index is 11.9. The molecule has 1 N–H and O–H groups in total. The lowest BCUT2D eigenvalue weighted by Gasteiger charge is -2.18. The van der Waals surface area contributed by atoms with E-state index < -0.39 is 18.1 Å². The highest BCUT2D eigenvalue weighted by atomic mass is 16.5. The number of aliphatic carboxylic acids is 1. The predicted octanol–water partition coefficient (Wildman–Crippen LogP) is 1.52. The molecular weight excluding hydrogens is 358 g/mol. The van der Waals surface area contributed by atoms with Gasteiger partial charge >= 0.3 is 6.09 Å². The predicted molar refractivity (Wildman–Crippen MR) is 100 cm³/mol. The Hall–Kier alpha value is -3.61. The average Bonchev–Trinajstić information content (AvgIpc) is 3.14. The lowest BCUT2D eigenvalue weighted by Crippen LogP contribution is -2.49. The Bertz CT molecular complexity index is 910. The number of carboxylic acid groups (broad SMARTS) is 1. The summed E-state index contributed by atoms with van der Waals surface area (Å²) < 4.78 is 6.92. The zero-order valence-electron chi connectivity index (χ0n) is 15.2. The molecule has 2 aromatic carbocycles. The molecule has 7 nitrogen and oxygen atoms in total. The number of carboxylic acids is 1. The van der Waals surface area contributed by atoms with Gasteiger partial charge in [0.05, 0.1) is 24.0 Å². The van der Waals surface area contributed by atoms with E-state index in [9.17, 15) is 14.7 Å². The van der Waals surface area contributed by atoms with Gasteiger partial charge < -0.3 is 24.5 Å². The minimum Gasteiger partial charge on any atom is -0.548 e. The van der Waals surface area contributed by atoms with Gasteiger partial charge in [-0.25, -0.2) is 9.78 Å². The molecule has 0 saturated carbocycles. The molecule has 1 atom stereocenters. The number of nitrogens with one attached hydrogen (secondary N) is 1. The van der Waals surface area contributed by atoms with Crippen LogP contribution in [0.4, 0.5) is 4.79 Å². The van der Waals surface area contributed by atoms with E-state index in [4.69, 9.17) is 4.74 Å². The second-order valence-corrected chi connectivity index (χ2v) is 6.30. The summed E-state index contributed by atoms with van der Waals surface area (Å²) in [5.41, 5.74) is 2.45. The quantitative estimate of drug-likeness (QED) is 0.641. The highest BCUT2D eigenvalue weighted by molar-refractivity contribution is 5.78. The molecule has 0 aliphatic carbocycles. The second kappa shape index (κ2) is 9.36. The molecule has 0 spiro atoms.